The minimum Gasteiger partial charge on any atom is -0.381 e. The van der Waals surface area contributed by atoms with Gasteiger partial charge in [-0.05, 0) is 25.3 Å². The lowest BCUT2D eigenvalue weighted by Crippen LogP contribution is -2.41. The molecule has 2 heterocycles. The summed E-state index contributed by atoms with van der Waals surface area (Å²) in [5.41, 5.74) is 0. The molecule has 0 aromatic carbocycles. The molecule has 2 aliphatic heterocycles. The van der Waals surface area contributed by atoms with Gasteiger partial charge in [0.15, 0.2) is 0 Å². The molecule has 0 spiro atoms. The Morgan fingerprint density at radius 1 is 1.11 bits per heavy atom. The van der Waals surface area contributed by atoms with Crippen LogP contribution >= 0.6 is 0 Å². The Morgan fingerprint density at radius 2 is 1.78 bits per heavy atom. The molecule has 0 aromatic heterocycles. The number of hydrogen-bond acceptors (Lipinski definition) is 4. The van der Waals surface area contributed by atoms with Crippen LogP contribution in [-0.2, 0) is 14.3 Å². The SMILES string of the molecule is O=C(CCNCC1CCOCC1)N1CCOCC1. The van der Waals surface area contributed by atoms with Crippen LogP contribution in [0.1, 0.15) is 19.3 Å². The number of nitrogens with zero attached hydrogens (tertiary/aromatic N) is 1. The van der Waals surface area contributed by atoms with Gasteiger partial charge in [-0.15, -0.1) is 0 Å². The van der Waals surface area contributed by atoms with E-state index in [0.717, 1.165) is 58.2 Å². The first-order valence-corrected chi connectivity index (χ1v) is 7.00. The van der Waals surface area contributed by atoms with Crippen molar-refractivity contribution in [2.45, 2.75) is 19.3 Å². The van der Waals surface area contributed by atoms with Crippen LogP contribution in [0.15, 0.2) is 0 Å². The zero-order chi connectivity index (χ0) is 12.6. The first kappa shape index (κ1) is 13.8. The van der Waals surface area contributed by atoms with Gasteiger partial charge in [0.25, 0.3) is 0 Å². The molecule has 0 saturated carbocycles. The van der Waals surface area contributed by atoms with E-state index in [0.29, 0.717) is 19.6 Å². The van der Waals surface area contributed by atoms with Crippen molar-refractivity contribution < 1.29 is 14.3 Å². The number of hydrogen-bond donors (Lipinski definition) is 1. The highest BCUT2D eigenvalue weighted by molar-refractivity contribution is 5.76. The van der Waals surface area contributed by atoms with Gasteiger partial charge < -0.3 is 19.7 Å². The Labute approximate surface area is 109 Å². The Kier molecular flexibility index (Phi) is 5.90. The molecule has 0 unspecified atom stereocenters. The van der Waals surface area contributed by atoms with E-state index in [1.165, 1.54) is 0 Å². The topological polar surface area (TPSA) is 50.8 Å². The third-order valence-corrected chi connectivity index (χ3v) is 3.65. The van der Waals surface area contributed by atoms with Crippen molar-refractivity contribution in [2.24, 2.45) is 5.92 Å². The zero-order valence-corrected chi connectivity index (χ0v) is 11.0. The molecule has 18 heavy (non-hydrogen) atoms. The highest BCUT2D eigenvalue weighted by Gasteiger charge is 2.17. The summed E-state index contributed by atoms with van der Waals surface area (Å²) in [6.07, 6.45) is 2.89. The van der Waals surface area contributed by atoms with Gasteiger partial charge in [-0.3, -0.25) is 4.79 Å². The average molecular weight is 256 g/mol. The van der Waals surface area contributed by atoms with Gasteiger partial charge in [0, 0.05) is 39.3 Å². The quantitative estimate of drug-likeness (QED) is 0.717. The molecule has 0 bridgehead atoms. The average Bonchev–Trinajstić information content (AvgIpc) is 2.45. The third kappa shape index (κ3) is 4.55. The van der Waals surface area contributed by atoms with E-state index in [-0.39, 0.29) is 5.91 Å². The minimum atomic E-state index is 0.248. The molecular formula is C13H24N2O3. The summed E-state index contributed by atoms with van der Waals surface area (Å²) in [5, 5.41) is 3.39. The highest BCUT2D eigenvalue weighted by Crippen LogP contribution is 2.13. The summed E-state index contributed by atoms with van der Waals surface area (Å²) < 4.78 is 10.6. The second kappa shape index (κ2) is 7.71. The third-order valence-electron chi connectivity index (χ3n) is 3.65. The molecule has 0 aliphatic carbocycles. The molecule has 0 atom stereocenters. The molecule has 2 aliphatic rings. The largest absolute Gasteiger partial charge is 0.381 e. The fourth-order valence-corrected chi connectivity index (χ4v) is 2.42. The second-order valence-electron chi connectivity index (χ2n) is 5.00. The smallest absolute Gasteiger partial charge is 0.224 e. The van der Waals surface area contributed by atoms with E-state index in [1.54, 1.807) is 0 Å². The lowest BCUT2D eigenvalue weighted by molar-refractivity contribution is -0.135. The van der Waals surface area contributed by atoms with Crippen LogP contribution in [0.4, 0.5) is 0 Å². The van der Waals surface area contributed by atoms with Gasteiger partial charge in [0.05, 0.1) is 13.2 Å². The summed E-state index contributed by atoms with van der Waals surface area (Å²) in [6, 6.07) is 0. The minimum absolute atomic E-state index is 0.248. The Balaban J connectivity index is 1.52. The molecule has 2 saturated heterocycles. The van der Waals surface area contributed by atoms with Crippen molar-refractivity contribution in [1.29, 1.82) is 0 Å². The normalized spacial score (nSPS) is 22.1. The molecule has 104 valence electrons. The maximum Gasteiger partial charge on any atom is 0.224 e. The molecule has 1 N–H and O–H groups in total. The van der Waals surface area contributed by atoms with Crippen molar-refractivity contribution in [3.8, 4) is 0 Å². The molecule has 2 fully saturated rings. The van der Waals surface area contributed by atoms with Gasteiger partial charge in [-0.25, -0.2) is 0 Å². The van der Waals surface area contributed by atoms with E-state index in [1.807, 2.05) is 4.90 Å². The molecular weight excluding hydrogens is 232 g/mol. The number of rotatable bonds is 5. The van der Waals surface area contributed by atoms with Gasteiger partial charge in [-0.1, -0.05) is 0 Å². The van der Waals surface area contributed by atoms with Crippen LogP contribution in [0.25, 0.3) is 0 Å². The summed E-state index contributed by atoms with van der Waals surface area (Å²) in [4.78, 5) is 13.8. The van der Waals surface area contributed by atoms with Crippen LogP contribution < -0.4 is 5.32 Å². The van der Waals surface area contributed by atoms with Crippen molar-refractivity contribution in [1.82, 2.24) is 10.2 Å². The summed E-state index contributed by atoms with van der Waals surface area (Å²) in [6.45, 7) is 6.44. The van der Waals surface area contributed by atoms with E-state index >= 15 is 0 Å². The Hall–Kier alpha value is -0.650. The maximum atomic E-state index is 11.9. The fraction of sp³-hybridized carbons (Fsp3) is 0.923. The monoisotopic (exact) mass is 256 g/mol. The number of ether oxygens (including phenoxy) is 2. The standard InChI is InChI=1S/C13H24N2O3/c16-13(15-5-9-18-10-6-15)1-4-14-11-12-2-7-17-8-3-12/h12,14H,1-11H2. The van der Waals surface area contributed by atoms with Crippen molar-refractivity contribution in [3.05, 3.63) is 0 Å². The number of carbonyl (C=O) groups excluding carboxylic acids is 1. The van der Waals surface area contributed by atoms with Gasteiger partial charge in [-0.2, -0.15) is 0 Å². The predicted octanol–water partition coefficient (Wildman–Crippen LogP) is 0.252. The highest BCUT2D eigenvalue weighted by atomic mass is 16.5. The van der Waals surface area contributed by atoms with E-state index < -0.39 is 0 Å². The van der Waals surface area contributed by atoms with Crippen molar-refractivity contribution >= 4 is 5.91 Å². The van der Waals surface area contributed by atoms with Gasteiger partial charge in [0.2, 0.25) is 5.91 Å². The molecule has 1 amide bonds. The molecule has 0 radical (unpaired) electrons. The van der Waals surface area contributed by atoms with E-state index in [4.69, 9.17) is 9.47 Å². The lowest BCUT2D eigenvalue weighted by Gasteiger charge is -2.27. The summed E-state index contributed by atoms with van der Waals surface area (Å²) in [7, 11) is 0. The molecule has 0 aromatic rings. The zero-order valence-electron chi connectivity index (χ0n) is 11.0. The second-order valence-corrected chi connectivity index (χ2v) is 5.00. The predicted molar refractivity (Wildman–Crippen MR) is 68.4 cm³/mol. The van der Waals surface area contributed by atoms with Crippen LogP contribution in [0.3, 0.4) is 0 Å². The fourth-order valence-electron chi connectivity index (χ4n) is 2.42. The van der Waals surface area contributed by atoms with Crippen LogP contribution in [0.5, 0.6) is 0 Å². The molecule has 2 rings (SSSR count). The number of nitrogens with one attached hydrogen (secondary N) is 1. The number of carbonyl (C=O) groups is 1. The van der Waals surface area contributed by atoms with E-state index in [9.17, 15) is 4.79 Å². The van der Waals surface area contributed by atoms with Crippen LogP contribution in [0, 0.1) is 5.92 Å². The first-order valence-electron chi connectivity index (χ1n) is 7.00. The molecule has 5 nitrogen and oxygen atoms in total. The lowest BCUT2D eigenvalue weighted by atomic mass is 10.0. The number of amides is 1. The summed E-state index contributed by atoms with van der Waals surface area (Å²) >= 11 is 0. The summed E-state index contributed by atoms with van der Waals surface area (Å²) in [5.74, 6) is 0.968. The maximum absolute atomic E-state index is 11.9. The van der Waals surface area contributed by atoms with Crippen LogP contribution in [-0.4, -0.2) is 63.4 Å². The molecule has 5 heteroatoms. The van der Waals surface area contributed by atoms with E-state index in [2.05, 4.69) is 5.32 Å². The first-order chi connectivity index (χ1) is 8.86. The van der Waals surface area contributed by atoms with Gasteiger partial charge in [0.1, 0.15) is 0 Å². The van der Waals surface area contributed by atoms with Crippen molar-refractivity contribution in [3.63, 3.8) is 0 Å². The Bertz CT molecular complexity index is 249. The number of morpholine rings is 1. The van der Waals surface area contributed by atoms with Crippen LogP contribution in [0.2, 0.25) is 0 Å². The van der Waals surface area contributed by atoms with Gasteiger partial charge >= 0.3 is 0 Å². The van der Waals surface area contributed by atoms with Crippen molar-refractivity contribution in [2.75, 3.05) is 52.6 Å². The Morgan fingerprint density at radius 3 is 2.50 bits per heavy atom.